The molecule has 0 aliphatic carbocycles. The number of amides is 2. The van der Waals surface area contributed by atoms with Gasteiger partial charge in [0.15, 0.2) is 11.5 Å². The number of nitrogens with one attached hydrogen (secondary N) is 2. The summed E-state index contributed by atoms with van der Waals surface area (Å²) in [6.07, 6.45) is 2.90. The maximum atomic E-state index is 12.9. The van der Waals surface area contributed by atoms with Crippen molar-refractivity contribution in [3.8, 4) is 5.75 Å². The van der Waals surface area contributed by atoms with Crippen molar-refractivity contribution in [3.05, 3.63) is 89.5 Å². The van der Waals surface area contributed by atoms with Crippen LogP contribution in [0.1, 0.15) is 33.4 Å². The minimum Gasteiger partial charge on any atom is -0.497 e. The van der Waals surface area contributed by atoms with Crippen LogP contribution in [0.5, 0.6) is 5.75 Å². The number of carbonyl (C=O) groups excluding carboxylic acids is 3. The fraction of sp³-hybridized carbons (Fsp3) is 0.0870. The molecule has 1 aromatic heterocycles. The van der Waals surface area contributed by atoms with Gasteiger partial charge in [0.25, 0.3) is 11.8 Å². The number of ether oxygens (including phenoxy) is 1. The first kappa shape index (κ1) is 20.6. The van der Waals surface area contributed by atoms with Gasteiger partial charge >= 0.3 is 0 Å². The smallest absolute Gasteiger partial charge is 0.291 e. The Morgan fingerprint density at radius 3 is 2.40 bits per heavy atom. The van der Waals surface area contributed by atoms with Crippen LogP contribution >= 0.6 is 0 Å². The molecule has 0 aliphatic rings. The lowest BCUT2D eigenvalue weighted by Crippen LogP contribution is -2.30. The standard InChI is InChI=1S/C23H20N2O5/c1-15(26)17-5-3-6-18(14-17)24-22(27)20(25-23(28)21-7-4-12-30-21)13-16-8-10-19(29-2)11-9-16/h3-14H,1-2H3,(H,24,27)(H,25,28)/b20-13+. The summed E-state index contributed by atoms with van der Waals surface area (Å²) in [6.45, 7) is 1.44. The van der Waals surface area contributed by atoms with E-state index in [4.69, 9.17) is 9.15 Å². The van der Waals surface area contributed by atoms with Gasteiger partial charge in [0, 0.05) is 11.3 Å². The van der Waals surface area contributed by atoms with Crippen LogP contribution < -0.4 is 15.4 Å². The van der Waals surface area contributed by atoms with E-state index < -0.39 is 11.8 Å². The van der Waals surface area contributed by atoms with E-state index in [1.807, 2.05) is 0 Å². The maximum Gasteiger partial charge on any atom is 0.291 e. The van der Waals surface area contributed by atoms with E-state index in [1.54, 1.807) is 61.7 Å². The Morgan fingerprint density at radius 1 is 1.00 bits per heavy atom. The molecule has 0 fully saturated rings. The van der Waals surface area contributed by atoms with E-state index in [1.165, 1.54) is 25.3 Å². The summed E-state index contributed by atoms with van der Waals surface area (Å²) < 4.78 is 10.2. The second kappa shape index (κ2) is 9.38. The lowest BCUT2D eigenvalue weighted by molar-refractivity contribution is -0.113. The second-order valence-corrected chi connectivity index (χ2v) is 6.35. The van der Waals surface area contributed by atoms with Crippen LogP contribution in [0.3, 0.4) is 0 Å². The molecule has 0 spiro atoms. The molecule has 2 amide bonds. The summed E-state index contributed by atoms with van der Waals surface area (Å²) in [5, 5.41) is 5.27. The molecular weight excluding hydrogens is 384 g/mol. The average Bonchev–Trinajstić information content (AvgIpc) is 3.29. The molecule has 2 N–H and O–H groups in total. The van der Waals surface area contributed by atoms with Gasteiger partial charge in [0.2, 0.25) is 0 Å². The van der Waals surface area contributed by atoms with Gasteiger partial charge in [-0.1, -0.05) is 24.3 Å². The highest BCUT2D eigenvalue weighted by Gasteiger charge is 2.17. The first-order chi connectivity index (χ1) is 14.5. The molecular formula is C23H20N2O5. The zero-order valence-corrected chi connectivity index (χ0v) is 16.5. The van der Waals surface area contributed by atoms with Crippen molar-refractivity contribution in [2.75, 3.05) is 12.4 Å². The fourth-order valence-electron chi connectivity index (χ4n) is 2.63. The monoisotopic (exact) mass is 404 g/mol. The molecule has 0 radical (unpaired) electrons. The quantitative estimate of drug-likeness (QED) is 0.460. The zero-order valence-electron chi connectivity index (χ0n) is 16.5. The zero-order chi connectivity index (χ0) is 21.5. The normalized spacial score (nSPS) is 10.9. The van der Waals surface area contributed by atoms with E-state index in [9.17, 15) is 14.4 Å². The SMILES string of the molecule is COc1ccc(/C=C(/NC(=O)c2ccco2)C(=O)Nc2cccc(C(C)=O)c2)cc1. The summed E-state index contributed by atoms with van der Waals surface area (Å²) in [4.78, 5) is 36.9. The summed E-state index contributed by atoms with van der Waals surface area (Å²) in [6, 6.07) is 16.6. The van der Waals surface area contributed by atoms with Crippen molar-refractivity contribution < 1.29 is 23.5 Å². The van der Waals surface area contributed by atoms with E-state index in [0.717, 1.165) is 0 Å². The summed E-state index contributed by atoms with van der Waals surface area (Å²) >= 11 is 0. The Hall–Kier alpha value is -4.13. The Bertz CT molecular complexity index is 1080. The molecule has 30 heavy (non-hydrogen) atoms. The number of carbonyl (C=O) groups is 3. The number of rotatable bonds is 7. The lowest BCUT2D eigenvalue weighted by atomic mass is 10.1. The number of benzene rings is 2. The number of anilines is 1. The Labute approximate surface area is 173 Å². The number of furan rings is 1. The van der Waals surface area contributed by atoms with Crippen LogP contribution in [-0.2, 0) is 4.79 Å². The Morgan fingerprint density at radius 2 is 1.77 bits per heavy atom. The van der Waals surface area contributed by atoms with Crippen LogP contribution in [-0.4, -0.2) is 24.7 Å². The minimum absolute atomic E-state index is 0.00907. The van der Waals surface area contributed by atoms with Gasteiger partial charge in [-0.2, -0.15) is 0 Å². The summed E-state index contributed by atoms with van der Waals surface area (Å²) in [7, 11) is 1.56. The first-order valence-corrected chi connectivity index (χ1v) is 9.09. The van der Waals surface area contributed by atoms with Crippen molar-refractivity contribution >= 4 is 29.4 Å². The van der Waals surface area contributed by atoms with Crippen molar-refractivity contribution in [2.24, 2.45) is 0 Å². The van der Waals surface area contributed by atoms with Crippen LogP contribution in [0.25, 0.3) is 6.08 Å². The largest absolute Gasteiger partial charge is 0.497 e. The van der Waals surface area contributed by atoms with Crippen LogP contribution in [0.15, 0.2) is 77.0 Å². The van der Waals surface area contributed by atoms with Crippen molar-refractivity contribution in [1.29, 1.82) is 0 Å². The minimum atomic E-state index is -0.563. The molecule has 7 nitrogen and oxygen atoms in total. The third-order valence-electron chi connectivity index (χ3n) is 4.19. The van der Waals surface area contributed by atoms with Crippen molar-refractivity contribution in [1.82, 2.24) is 5.32 Å². The summed E-state index contributed by atoms with van der Waals surface area (Å²) in [5.41, 5.74) is 1.58. The maximum absolute atomic E-state index is 12.9. The van der Waals surface area contributed by atoms with E-state index in [2.05, 4.69) is 10.6 Å². The molecule has 0 unspecified atom stereocenters. The highest BCUT2D eigenvalue weighted by molar-refractivity contribution is 6.10. The molecule has 1 heterocycles. The van der Waals surface area contributed by atoms with Gasteiger partial charge in [-0.25, -0.2) is 0 Å². The van der Waals surface area contributed by atoms with Gasteiger partial charge in [-0.15, -0.1) is 0 Å². The molecule has 0 atom stereocenters. The highest BCUT2D eigenvalue weighted by atomic mass is 16.5. The van der Waals surface area contributed by atoms with Crippen LogP contribution in [0, 0.1) is 0 Å². The highest BCUT2D eigenvalue weighted by Crippen LogP contribution is 2.16. The topological polar surface area (TPSA) is 97.6 Å². The fourth-order valence-corrected chi connectivity index (χ4v) is 2.63. The molecule has 2 aromatic carbocycles. The molecule has 7 heteroatoms. The molecule has 3 aromatic rings. The molecule has 0 saturated heterocycles. The molecule has 0 bridgehead atoms. The van der Waals surface area contributed by atoms with Crippen molar-refractivity contribution in [2.45, 2.75) is 6.92 Å². The van der Waals surface area contributed by atoms with Crippen LogP contribution in [0.4, 0.5) is 5.69 Å². The number of ketones is 1. The third-order valence-corrected chi connectivity index (χ3v) is 4.19. The predicted octanol–water partition coefficient (Wildman–Crippen LogP) is 3.90. The first-order valence-electron chi connectivity index (χ1n) is 9.09. The van der Waals surface area contributed by atoms with E-state index >= 15 is 0 Å². The molecule has 152 valence electrons. The summed E-state index contributed by atoms with van der Waals surface area (Å²) in [5.74, 6) is -0.495. The second-order valence-electron chi connectivity index (χ2n) is 6.35. The van der Waals surface area contributed by atoms with Crippen LogP contribution in [0.2, 0.25) is 0 Å². The number of hydrogen-bond donors (Lipinski definition) is 2. The van der Waals surface area contributed by atoms with Gasteiger partial charge in [-0.3, -0.25) is 14.4 Å². The van der Waals surface area contributed by atoms with Gasteiger partial charge < -0.3 is 19.8 Å². The van der Waals surface area contributed by atoms with Crippen molar-refractivity contribution in [3.63, 3.8) is 0 Å². The Kier molecular flexibility index (Phi) is 6.44. The molecule has 3 rings (SSSR count). The predicted molar refractivity (Wildman–Crippen MR) is 112 cm³/mol. The van der Waals surface area contributed by atoms with Gasteiger partial charge in [-0.05, 0) is 55.0 Å². The molecule has 0 aliphatic heterocycles. The van der Waals surface area contributed by atoms with E-state index in [-0.39, 0.29) is 17.2 Å². The number of methoxy groups -OCH3 is 1. The van der Waals surface area contributed by atoms with Gasteiger partial charge in [0.1, 0.15) is 11.4 Å². The molecule has 0 saturated carbocycles. The number of Topliss-reactive ketones (excluding diaryl/α,β-unsaturated/α-hetero) is 1. The average molecular weight is 404 g/mol. The lowest BCUT2D eigenvalue weighted by Gasteiger charge is -2.11. The third kappa shape index (κ3) is 5.23. The Balaban J connectivity index is 1.88. The van der Waals surface area contributed by atoms with E-state index in [0.29, 0.717) is 22.6 Å². The van der Waals surface area contributed by atoms with Gasteiger partial charge in [0.05, 0.1) is 13.4 Å². The number of hydrogen-bond acceptors (Lipinski definition) is 5.